The normalized spacial score (nSPS) is 17.7. The molecule has 0 aliphatic carbocycles. The third-order valence-electron chi connectivity index (χ3n) is 7.34. The summed E-state index contributed by atoms with van der Waals surface area (Å²) in [6, 6.07) is 10.1. The average Bonchev–Trinajstić information content (AvgIpc) is 2.87. The monoisotopic (exact) mass is 460 g/mol. The number of rotatable bonds is 19. The van der Waals surface area contributed by atoms with Crippen LogP contribution >= 0.6 is 0 Å². The lowest BCUT2D eigenvalue weighted by Crippen LogP contribution is -2.53. The summed E-state index contributed by atoms with van der Waals surface area (Å²) >= 11 is 0. The van der Waals surface area contributed by atoms with Crippen LogP contribution < -0.4 is 5.73 Å². The zero-order valence-electron chi connectivity index (χ0n) is 21.4. The Morgan fingerprint density at radius 2 is 1.27 bits per heavy atom. The Morgan fingerprint density at radius 3 is 1.79 bits per heavy atom. The molecule has 3 N–H and O–H groups in total. The van der Waals surface area contributed by atoms with Gasteiger partial charge in [-0.15, -0.1) is 0 Å². The summed E-state index contributed by atoms with van der Waals surface area (Å²) in [5.41, 5.74) is 7.68. The lowest BCUT2D eigenvalue weighted by atomic mass is 9.87. The summed E-state index contributed by atoms with van der Waals surface area (Å²) < 4.78 is 5.50. The molecule has 1 heterocycles. The Bertz CT molecular complexity index is 562. The van der Waals surface area contributed by atoms with Gasteiger partial charge in [-0.05, 0) is 12.0 Å². The van der Waals surface area contributed by atoms with Crippen LogP contribution in [-0.2, 0) is 4.74 Å². The predicted molar refractivity (Wildman–Crippen MR) is 140 cm³/mol. The Hall–Kier alpha value is -0.940. The number of hydrogen-bond acceptors (Lipinski definition) is 4. The molecule has 0 amide bonds. The van der Waals surface area contributed by atoms with Crippen LogP contribution in [0, 0.1) is 5.92 Å². The van der Waals surface area contributed by atoms with Gasteiger partial charge in [-0.3, -0.25) is 4.90 Å². The van der Waals surface area contributed by atoms with E-state index in [-0.39, 0.29) is 12.1 Å². The molecule has 3 atom stereocenters. The van der Waals surface area contributed by atoms with Crippen LogP contribution in [0.4, 0.5) is 0 Å². The quantitative estimate of drug-likeness (QED) is 0.222. The predicted octanol–water partition coefficient (Wildman–Crippen LogP) is 6.82. The van der Waals surface area contributed by atoms with E-state index in [9.17, 15) is 5.11 Å². The first-order valence-electron chi connectivity index (χ1n) is 14.0. The van der Waals surface area contributed by atoms with Gasteiger partial charge in [0.25, 0.3) is 0 Å². The molecule has 190 valence electrons. The van der Waals surface area contributed by atoms with Gasteiger partial charge in [0.05, 0.1) is 25.5 Å². The number of morpholine rings is 1. The second kappa shape index (κ2) is 18.4. The summed E-state index contributed by atoms with van der Waals surface area (Å²) in [4.78, 5) is 2.30. The van der Waals surface area contributed by atoms with Gasteiger partial charge in [0.2, 0.25) is 0 Å². The van der Waals surface area contributed by atoms with E-state index in [0.717, 1.165) is 44.7 Å². The van der Waals surface area contributed by atoms with E-state index in [0.29, 0.717) is 0 Å². The highest BCUT2D eigenvalue weighted by Crippen LogP contribution is 2.30. The molecule has 4 nitrogen and oxygen atoms in total. The second-order valence-corrected chi connectivity index (χ2v) is 10.0. The van der Waals surface area contributed by atoms with E-state index >= 15 is 0 Å². The fourth-order valence-corrected chi connectivity index (χ4v) is 5.13. The van der Waals surface area contributed by atoms with Gasteiger partial charge in [-0.25, -0.2) is 0 Å². The van der Waals surface area contributed by atoms with Crippen LogP contribution in [0.25, 0.3) is 0 Å². The average molecular weight is 461 g/mol. The maximum atomic E-state index is 11.1. The molecule has 1 aliphatic rings. The fourth-order valence-electron chi connectivity index (χ4n) is 5.13. The molecule has 0 spiro atoms. The van der Waals surface area contributed by atoms with Gasteiger partial charge < -0.3 is 15.6 Å². The van der Waals surface area contributed by atoms with Crippen molar-refractivity contribution in [2.75, 3.05) is 26.3 Å². The maximum Gasteiger partial charge on any atom is 0.0845 e. The Kier molecular flexibility index (Phi) is 15.8. The van der Waals surface area contributed by atoms with Gasteiger partial charge in [0, 0.05) is 19.0 Å². The molecule has 0 saturated carbocycles. The molecule has 1 aliphatic heterocycles. The topological polar surface area (TPSA) is 58.7 Å². The molecule has 2 rings (SSSR count). The van der Waals surface area contributed by atoms with Crippen LogP contribution in [0.2, 0.25) is 0 Å². The third kappa shape index (κ3) is 11.8. The number of benzene rings is 1. The first-order chi connectivity index (χ1) is 16.2. The molecule has 0 aromatic heterocycles. The number of unbranched alkanes of at least 4 members (excludes halogenated alkanes) is 13. The van der Waals surface area contributed by atoms with Gasteiger partial charge in [-0.2, -0.15) is 0 Å². The third-order valence-corrected chi connectivity index (χ3v) is 7.34. The van der Waals surface area contributed by atoms with Gasteiger partial charge in [-0.1, -0.05) is 127 Å². The minimum Gasteiger partial charge on any atom is -0.388 e. The first kappa shape index (κ1) is 28.3. The number of aliphatic hydroxyl groups is 1. The highest BCUT2D eigenvalue weighted by molar-refractivity contribution is 5.18. The summed E-state index contributed by atoms with van der Waals surface area (Å²) in [7, 11) is 0. The van der Waals surface area contributed by atoms with E-state index < -0.39 is 6.10 Å². The highest BCUT2D eigenvalue weighted by Gasteiger charge is 2.31. The summed E-state index contributed by atoms with van der Waals surface area (Å²) in [6.07, 6.45) is 19.5. The van der Waals surface area contributed by atoms with E-state index in [4.69, 9.17) is 10.5 Å². The second-order valence-electron chi connectivity index (χ2n) is 10.0. The maximum absolute atomic E-state index is 11.1. The standard InChI is InChI=1S/C29H52N2O2/c1-2-3-4-5-6-7-8-9-10-11-12-13-14-18-21-27(28(32)26-19-16-15-17-20-26)29(30)31-22-24-33-25-23-31/h15-17,19-20,27-29,32H,2-14,18,21-25,30H2,1H3. The summed E-state index contributed by atoms with van der Waals surface area (Å²) in [5, 5.41) is 11.1. The van der Waals surface area contributed by atoms with E-state index in [1.165, 1.54) is 83.5 Å². The van der Waals surface area contributed by atoms with Crippen molar-refractivity contribution in [1.29, 1.82) is 0 Å². The molecule has 4 heteroatoms. The molecule has 1 aromatic rings. The van der Waals surface area contributed by atoms with E-state index in [1.807, 2.05) is 30.3 Å². The zero-order chi connectivity index (χ0) is 23.6. The molecule has 33 heavy (non-hydrogen) atoms. The summed E-state index contributed by atoms with van der Waals surface area (Å²) in [6.45, 7) is 5.48. The van der Waals surface area contributed by atoms with Crippen molar-refractivity contribution in [3.05, 3.63) is 35.9 Å². The van der Waals surface area contributed by atoms with Crippen LogP contribution in [0.15, 0.2) is 30.3 Å². The van der Waals surface area contributed by atoms with Crippen molar-refractivity contribution >= 4 is 0 Å². The van der Waals surface area contributed by atoms with Crippen LogP contribution in [0.1, 0.15) is 115 Å². The van der Waals surface area contributed by atoms with Crippen molar-refractivity contribution in [1.82, 2.24) is 4.90 Å². The van der Waals surface area contributed by atoms with Gasteiger partial charge >= 0.3 is 0 Å². The van der Waals surface area contributed by atoms with E-state index in [1.54, 1.807) is 0 Å². The van der Waals surface area contributed by atoms with Gasteiger partial charge in [0.1, 0.15) is 0 Å². The minimum absolute atomic E-state index is 0.0582. The zero-order valence-corrected chi connectivity index (χ0v) is 21.4. The van der Waals surface area contributed by atoms with Crippen LogP contribution in [0.5, 0.6) is 0 Å². The molecular formula is C29H52N2O2. The molecule has 1 aromatic carbocycles. The lowest BCUT2D eigenvalue weighted by molar-refractivity contribution is -0.0242. The smallest absolute Gasteiger partial charge is 0.0845 e. The Balaban J connectivity index is 1.61. The van der Waals surface area contributed by atoms with Crippen LogP contribution in [-0.4, -0.2) is 42.5 Å². The highest BCUT2D eigenvalue weighted by atomic mass is 16.5. The molecule has 1 fully saturated rings. The first-order valence-corrected chi connectivity index (χ1v) is 14.0. The van der Waals surface area contributed by atoms with Crippen molar-refractivity contribution in [2.45, 2.75) is 116 Å². The van der Waals surface area contributed by atoms with Crippen molar-refractivity contribution in [3.63, 3.8) is 0 Å². The van der Waals surface area contributed by atoms with Crippen molar-refractivity contribution in [3.8, 4) is 0 Å². The molecule has 1 saturated heterocycles. The molecule has 0 bridgehead atoms. The fraction of sp³-hybridized carbons (Fsp3) is 0.793. The Labute approximate surface area is 204 Å². The number of hydrogen-bond donors (Lipinski definition) is 2. The van der Waals surface area contributed by atoms with Gasteiger partial charge in [0.15, 0.2) is 0 Å². The molecule has 3 unspecified atom stereocenters. The van der Waals surface area contributed by atoms with Crippen molar-refractivity contribution < 1.29 is 9.84 Å². The molecular weight excluding hydrogens is 408 g/mol. The largest absolute Gasteiger partial charge is 0.388 e. The lowest BCUT2D eigenvalue weighted by Gasteiger charge is -2.38. The SMILES string of the molecule is CCCCCCCCCCCCCCCCC(C(O)c1ccccc1)C(N)N1CCOCC1. The van der Waals surface area contributed by atoms with E-state index in [2.05, 4.69) is 11.8 Å². The number of aliphatic hydroxyl groups excluding tert-OH is 1. The number of nitrogens with zero attached hydrogens (tertiary/aromatic N) is 1. The number of ether oxygens (including phenoxy) is 1. The number of nitrogens with two attached hydrogens (primary N) is 1. The Morgan fingerprint density at radius 1 is 0.788 bits per heavy atom. The molecule has 0 radical (unpaired) electrons. The van der Waals surface area contributed by atoms with Crippen LogP contribution in [0.3, 0.4) is 0 Å². The van der Waals surface area contributed by atoms with Crippen molar-refractivity contribution in [2.24, 2.45) is 11.7 Å². The minimum atomic E-state index is -0.508. The summed E-state index contributed by atoms with van der Waals surface area (Å²) in [5.74, 6) is 0.0582.